The second kappa shape index (κ2) is 36.2. The Morgan fingerprint density at radius 3 is 1.59 bits per heavy atom. The zero-order valence-corrected chi connectivity index (χ0v) is 47.2. The van der Waals surface area contributed by atoms with Crippen LogP contribution in [-0.4, -0.2) is 158 Å². The molecule has 2 fully saturated rings. The minimum atomic E-state index is -4.64. The van der Waals surface area contributed by atoms with E-state index in [1.165, 1.54) is 6.07 Å². The van der Waals surface area contributed by atoms with Crippen LogP contribution in [0, 0.1) is 0 Å². The van der Waals surface area contributed by atoms with Crippen molar-refractivity contribution >= 4 is 41.5 Å². The van der Waals surface area contributed by atoms with Gasteiger partial charge in [-0.2, -0.15) is 13.2 Å². The summed E-state index contributed by atoms with van der Waals surface area (Å²) in [6.45, 7) is 10.7. The van der Waals surface area contributed by atoms with Gasteiger partial charge in [0.2, 0.25) is 6.29 Å². The number of nitrogens with zero attached hydrogens (tertiary/aromatic N) is 4. The molecule has 6 N–H and O–H groups in total. The van der Waals surface area contributed by atoms with Gasteiger partial charge in [-0.05, 0) is 114 Å². The number of amides is 2. The van der Waals surface area contributed by atoms with Crippen LogP contribution in [-0.2, 0) is 55.8 Å². The number of fused-ring (bicyclic) bond motifs is 2. The second-order valence-corrected chi connectivity index (χ2v) is 19.4. The molecule has 4 aliphatic rings. The molecule has 0 aliphatic carbocycles. The maximum atomic E-state index is 13.6. The first kappa shape index (κ1) is 67.2. The van der Waals surface area contributed by atoms with Gasteiger partial charge in [-0.25, -0.2) is 9.59 Å². The predicted octanol–water partition coefficient (Wildman–Crippen LogP) is 7.69. The Kier molecular flexibility index (Phi) is 29.7. The van der Waals surface area contributed by atoms with E-state index >= 15 is 0 Å². The third-order valence-electron chi connectivity index (χ3n) is 12.6. The summed E-state index contributed by atoms with van der Waals surface area (Å²) in [5.41, 5.74) is 14.3. The highest BCUT2D eigenvalue weighted by Crippen LogP contribution is 2.33. The minimum Gasteiger partial charge on any atom is -0.508 e. The van der Waals surface area contributed by atoms with Gasteiger partial charge in [-0.1, -0.05) is 46.8 Å². The summed E-state index contributed by atoms with van der Waals surface area (Å²) in [5, 5.41) is 28.8. The Hall–Kier alpha value is -7.28. The van der Waals surface area contributed by atoms with Gasteiger partial charge < -0.3 is 69.6 Å². The van der Waals surface area contributed by atoms with Gasteiger partial charge in [0, 0.05) is 89.3 Å². The van der Waals surface area contributed by atoms with Crippen molar-refractivity contribution in [2.45, 2.75) is 135 Å². The lowest BCUT2D eigenvalue weighted by molar-refractivity contribution is -0.156. The number of oxime groups is 2. The third kappa shape index (κ3) is 25.2. The molecule has 4 aliphatic heterocycles. The quantitative estimate of drug-likeness (QED) is 0.0352. The van der Waals surface area contributed by atoms with Gasteiger partial charge in [0.15, 0.2) is 26.8 Å². The first-order chi connectivity index (χ1) is 39.3. The summed E-state index contributed by atoms with van der Waals surface area (Å²) in [7, 11) is 0. The van der Waals surface area contributed by atoms with Gasteiger partial charge >= 0.3 is 18.1 Å². The number of aromatic hydroxyl groups is 2. The number of piperidine rings is 2. The van der Waals surface area contributed by atoms with Crippen molar-refractivity contribution < 1.29 is 85.5 Å². The van der Waals surface area contributed by atoms with Gasteiger partial charge in [-0.15, -0.1) is 0 Å². The number of allylic oxidation sites excluding steroid dienone is 2. The number of carbonyl (C=O) groups is 5. The molecule has 4 heterocycles. The highest BCUT2D eigenvalue weighted by molar-refractivity contribution is 6.01. The second-order valence-electron chi connectivity index (χ2n) is 19.4. The van der Waals surface area contributed by atoms with Crippen LogP contribution < -0.4 is 20.9 Å². The molecule has 2 saturated heterocycles. The smallest absolute Gasteiger partial charge is 0.446 e. The first-order valence-electron chi connectivity index (χ1n) is 27.5. The standard InChI is InChI=1S/C31H45N3O8.C25H33N3O6.C2HF3O/c1-4-37-21-39-27-18-24-17-26(33-41-20-29(35)34-15-7-6-8-16-34)14-10-13-25(32)12-9-11-23(3)42-31(36)30(24)28(19-27)40-22-38-5-2;1-17-7-5-8-19(26)9-6-10-20(27-33-16-23(31)28-11-3-2-4-12-28)13-18-14-21(29)15-22(30)24(18)25(32)34-17;3-2(4,5)1-6/h9-10,12,14,18-19,23,25H,4-8,11,13,15-17,20-22,32H2,1-3H3;5-6,8,10,14-15,17,19,29-30H,2-4,7,9,11-13,16,26H2,1H3;1H/b12-9+,14-10+,33-26?;8-5+,10-6+,27-20?;/t23-,25-;17-,19+;/m11./s1. The number of nitrogens with two attached hydrogens (primary N) is 2. The molecule has 21 nitrogen and oxygen atoms in total. The van der Waals surface area contributed by atoms with Crippen LogP contribution in [0.25, 0.3) is 0 Å². The topological polar surface area (TPSA) is 283 Å². The summed E-state index contributed by atoms with van der Waals surface area (Å²) in [5.74, 6) is -1.40. The van der Waals surface area contributed by atoms with Crippen LogP contribution >= 0.6 is 0 Å². The van der Waals surface area contributed by atoms with E-state index in [2.05, 4.69) is 10.3 Å². The lowest BCUT2D eigenvalue weighted by atomic mass is 9.99. The first-order valence-corrected chi connectivity index (χ1v) is 27.5. The molecule has 24 heteroatoms. The van der Waals surface area contributed by atoms with E-state index in [1.807, 2.05) is 57.2 Å². The van der Waals surface area contributed by atoms with Crippen molar-refractivity contribution in [3.8, 4) is 23.0 Å². The zero-order valence-electron chi connectivity index (χ0n) is 47.2. The Morgan fingerprint density at radius 2 is 1.12 bits per heavy atom. The van der Waals surface area contributed by atoms with Crippen LogP contribution in [0.15, 0.2) is 83.2 Å². The fourth-order valence-corrected chi connectivity index (χ4v) is 8.43. The number of likely N-dealkylation sites (tertiary alicyclic amines) is 2. The third-order valence-corrected chi connectivity index (χ3v) is 12.6. The monoisotopic (exact) mass is 1160 g/mol. The van der Waals surface area contributed by atoms with E-state index in [-0.39, 0.29) is 91.9 Å². The molecule has 0 aromatic heterocycles. The molecule has 0 saturated carbocycles. The van der Waals surface area contributed by atoms with Crippen LogP contribution in [0.4, 0.5) is 13.2 Å². The van der Waals surface area contributed by atoms with E-state index in [4.69, 9.17) is 54.4 Å². The number of phenols is 2. The Bertz CT molecular complexity index is 2560. The van der Waals surface area contributed by atoms with Crippen LogP contribution in [0.5, 0.6) is 23.0 Å². The lowest BCUT2D eigenvalue weighted by Gasteiger charge is -2.26. The number of halogens is 3. The lowest BCUT2D eigenvalue weighted by Crippen LogP contribution is -2.37. The molecule has 0 unspecified atom stereocenters. The number of phenolic OH excluding ortho intramolecular Hbond substituents is 2. The number of cyclic esters (lactones) is 2. The van der Waals surface area contributed by atoms with Crippen molar-refractivity contribution in [3.63, 3.8) is 0 Å². The maximum Gasteiger partial charge on any atom is 0.446 e. The molecule has 0 spiro atoms. The molecule has 2 amide bonds. The molecular formula is C58H79F3N6O15. The number of aldehydes is 1. The van der Waals surface area contributed by atoms with E-state index in [1.54, 1.807) is 41.0 Å². The number of ether oxygens (including phenoxy) is 6. The van der Waals surface area contributed by atoms with Crippen LogP contribution in [0.2, 0.25) is 0 Å². The summed E-state index contributed by atoms with van der Waals surface area (Å²) in [4.78, 5) is 74.6. The Morgan fingerprint density at radius 1 is 0.671 bits per heavy atom. The summed E-state index contributed by atoms with van der Waals surface area (Å²) in [6.07, 6.45) is 16.7. The number of alkyl halides is 3. The van der Waals surface area contributed by atoms with Crippen molar-refractivity contribution in [3.05, 3.63) is 95.1 Å². The number of hydrogen-bond donors (Lipinski definition) is 4. The summed E-state index contributed by atoms with van der Waals surface area (Å²) < 4.78 is 65.0. The molecule has 4 atom stereocenters. The molecule has 6 rings (SSSR count). The number of carbonyl (C=O) groups excluding carboxylic acids is 5. The van der Waals surface area contributed by atoms with Crippen molar-refractivity contribution in [2.24, 2.45) is 21.8 Å². The van der Waals surface area contributed by atoms with Gasteiger partial charge in [0.1, 0.15) is 46.3 Å². The normalized spacial score (nSPS) is 22.7. The highest BCUT2D eigenvalue weighted by atomic mass is 19.4. The molecule has 2 aromatic carbocycles. The summed E-state index contributed by atoms with van der Waals surface area (Å²) >= 11 is 0. The average Bonchev–Trinajstić information content (AvgIpc) is 3.63. The molecule has 452 valence electrons. The van der Waals surface area contributed by atoms with Gasteiger partial charge in [0.05, 0.1) is 11.4 Å². The zero-order chi connectivity index (χ0) is 59.9. The van der Waals surface area contributed by atoms with E-state index < -0.39 is 36.6 Å². The molecular weight excluding hydrogens is 1080 g/mol. The van der Waals surface area contributed by atoms with Crippen molar-refractivity contribution in [2.75, 3.05) is 66.2 Å². The number of esters is 2. The van der Waals surface area contributed by atoms with Crippen molar-refractivity contribution in [1.29, 1.82) is 0 Å². The van der Waals surface area contributed by atoms with Gasteiger partial charge in [0.25, 0.3) is 11.8 Å². The summed E-state index contributed by atoms with van der Waals surface area (Å²) in [6, 6.07) is 5.36. The molecule has 0 radical (unpaired) electrons. The number of benzene rings is 2. The maximum absolute atomic E-state index is 13.6. The van der Waals surface area contributed by atoms with E-state index in [0.29, 0.717) is 67.2 Å². The SMILES string of the molecule is CCOCOc1cc2c(c(OCOCC)c1)C(=O)O[C@H](C)C/C=C/[C@@H](N)C/C=C/C(=NOCC(=O)N1CCCCC1)C2.C[C@@H]1C/C=C/[C@H](N)C/C=C/C(=NOCC(=O)N2CCCCC2)Cc2cc(O)cc(O)c2C(=O)O1.O=CC(F)(F)F. The average molecular weight is 1160 g/mol. The van der Waals surface area contributed by atoms with Crippen LogP contribution in [0.3, 0.4) is 0 Å². The fraction of sp³-hybridized carbons (Fsp3) is 0.534. The van der Waals surface area contributed by atoms with Crippen molar-refractivity contribution in [1.82, 2.24) is 9.80 Å². The minimum absolute atomic E-state index is 0.0223. The number of hydrogen-bond acceptors (Lipinski definition) is 19. The molecule has 2 aromatic rings. The largest absolute Gasteiger partial charge is 0.508 e. The predicted molar refractivity (Wildman–Crippen MR) is 298 cm³/mol. The van der Waals surface area contributed by atoms with E-state index in [0.717, 1.165) is 70.8 Å². The Balaban J connectivity index is 0.000000326. The fourth-order valence-electron chi connectivity index (χ4n) is 8.43. The Labute approximate surface area is 476 Å². The highest BCUT2D eigenvalue weighted by Gasteiger charge is 2.27. The number of rotatable bonds is 14. The molecule has 0 bridgehead atoms. The molecule has 82 heavy (non-hydrogen) atoms. The van der Waals surface area contributed by atoms with E-state index in [9.17, 15) is 42.6 Å². The van der Waals surface area contributed by atoms with Crippen LogP contribution in [0.1, 0.15) is 124 Å². The van der Waals surface area contributed by atoms with Gasteiger partial charge in [-0.3, -0.25) is 14.4 Å².